The molecule has 0 aliphatic carbocycles. The van der Waals surface area contributed by atoms with E-state index in [1.807, 2.05) is 45.0 Å². The molecule has 2 rings (SSSR count). The molecule has 5 nitrogen and oxygen atoms in total. The predicted molar refractivity (Wildman–Crippen MR) is 89.4 cm³/mol. The van der Waals surface area contributed by atoms with E-state index in [0.29, 0.717) is 24.4 Å². The van der Waals surface area contributed by atoms with Crippen LogP contribution < -0.4 is 5.32 Å². The van der Waals surface area contributed by atoms with Crippen LogP contribution in [0.1, 0.15) is 49.7 Å². The highest BCUT2D eigenvalue weighted by molar-refractivity contribution is 5.99. The molecule has 1 amide bonds. The molecule has 1 unspecified atom stereocenters. The zero-order chi connectivity index (χ0) is 16.8. The lowest BCUT2D eigenvalue weighted by molar-refractivity contribution is 0.0642. The van der Waals surface area contributed by atoms with Crippen molar-refractivity contribution in [3.05, 3.63) is 35.6 Å². The van der Waals surface area contributed by atoms with Gasteiger partial charge in [0.25, 0.3) is 5.91 Å². The summed E-state index contributed by atoms with van der Waals surface area (Å²) in [7, 11) is 0. The van der Waals surface area contributed by atoms with E-state index in [-0.39, 0.29) is 24.7 Å². The van der Waals surface area contributed by atoms with Gasteiger partial charge in [-0.1, -0.05) is 18.2 Å². The largest absolute Gasteiger partial charge is 0.451 e. The van der Waals surface area contributed by atoms with E-state index in [9.17, 15) is 4.79 Å². The van der Waals surface area contributed by atoms with Crippen LogP contribution in [0.5, 0.6) is 0 Å². The zero-order valence-electron chi connectivity index (χ0n) is 14.0. The van der Waals surface area contributed by atoms with Crippen LogP contribution in [0.2, 0.25) is 0 Å². The minimum absolute atomic E-state index is 0.0262. The minimum atomic E-state index is -0.242. The molecule has 0 aliphatic heterocycles. The van der Waals surface area contributed by atoms with Crippen LogP contribution >= 0.6 is 0 Å². The Balaban J connectivity index is 2.23. The molecule has 0 aliphatic rings. The fourth-order valence-electron chi connectivity index (χ4n) is 2.43. The quantitative estimate of drug-likeness (QED) is 0.783. The number of ether oxygens (including phenoxy) is 1. The molecule has 126 valence electrons. The number of aliphatic hydroxyl groups is 1. The third-order valence-corrected chi connectivity index (χ3v) is 3.64. The lowest BCUT2D eigenvalue weighted by Crippen LogP contribution is -2.33. The molecule has 5 heteroatoms. The molecule has 2 N–H and O–H groups in total. The molecule has 0 spiro atoms. The summed E-state index contributed by atoms with van der Waals surface area (Å²) in [6.45, 7) is 6.29. The summed E-state index contributed by atoms with van der Waals surface area (Å²) < 4.78 is 11.4. The number of fused-ring (bicyclic) bond motifs is 1. The fourth-order valence-corrected chi connectivity index (χ4v) is 2.43. The molecule has 0 saturated heterocycles. The molecule has 0 fully saturated rings. The molecule has 1 atom stereocenters. The highest BCUT2D eigenvalue weighted by Gasteiger charge is 2.21. The van der Waals surface area contributed by atoms with Crippen LogP contribution in [0.15, 0.2) is 28.7 Å². The number of benzene rings is 1. The van der Waals surface area contributed by atoms with Crippen molar-refractivity contribution in [3.63, 3.8) is 0 Å². The lowest BCUT2D eigenvalue weighted by atomic mass is 10.1. The smallest absolute Gasteiger partial charge is 0.287 e. The Kier molecular flexibility index (Phi) is 6.19. The number of para-hydroxylation sites is 1. The third-order valence-electron chi connectivity index (χ3n) is 3.64. The second kappa shape index (κ2) is 8.13. The molecule has 1 aromatic carbocycles. The van der Waals surface area contributed by atoms with E-state index in [0.717, 1.165) is 17.4 Å². The van der Waals surface area contributed by atoms with E-state index >= 15 is 0 Å². The Morgan fingerprint density at radius 3 is 2.74 bits per heavy atom. The molecule has 23 heavy (non-hydrogen) atoms. The highest BCUT2D eigenvalue weighted by atomic mass is 16.5. The van der Waals surface area contributed by atoms with E-state index in [2.05, 4.69) is 5.32 Å². The summed E-state index contributed by atoms with van der Waals surface area (Å²) in [5.74, 6) is 0.0664. The van der Waals surface area contributed by atoms with Gasteiger partial charge >= 0.3 is 0 Å². The van der Waals surface area contributed by atoms with Crippen molar-refractivity contribution in [1.82, 2.24) is 5.32 Å². The Hall–Kier alpha value is -1.85. The minimum Gasteiger partial charge on any atom is -0.451 e. The van der Waals surface area contributed by atoms with E-state index in [1.54, 1.807) is 0 Å². The second-order valence-corrected chi connectivity index (χ2v) is 6.01. The van der Waals surface area contributed by atoms with Crippen LogP contribution in [0.25, 0.3) is 11.0 Å². The van der Waals surface area contributed by atoms with Crippen LogP contribution in [0.4, 0.5) is 0 Å². The number of furan rings is 1. The fraction of sp³-hybridized carbons (Fsp3) is 0.500. The maximum absolute atomic E-state index is 12.5. The Labute approximate surface area is 136 Å². The molecule has 1 aromatic heterocycles. The van der Waals surface area contributed by atoms with Gasteiger partial charge < -0.3 is 19.6 Å². The van der Waals surface area contributed by atoms with Crippen molar-refractivity contribution in [2.24, 2.45) is 0 Å². The van der Waals surface area contributed by atoms with Crippen molar-refractivity contribution in [1.29, 1.82) is 0 Å². The summed E-state index contributed by atoms with van der Waals surface area (Å²) in [6.07, 6.45) is 1.45. The molecule has 2 aromatic rings. The van der Waals surface area contributed by atoms with Gasteiger partial charge in [0.1, 0.15) is 5.58 Å². The van der Waals surface area contributed by atoms with Crippen molar-refractivity contribution in [2.45, 2.75) is 52.4 Å². The van der Waals surface area contributed by atoms with E-state index in [4.69, 9.17) is 14.3 Å². The number of amides is 1. The second-order valence-electron chi connectivity index (χ2n) is 6.01. The molecule has 0 bridgehead atoms. The summed E-state index contributed by atoms with van der Waals surface area (Å²) in [6, 6.07) is 7.55. The zero-order valence-corrected chi connectivity index (χ0v) is 14.0. The van der Waals surface area contributed by atoms with Gasteiger partial charge in [0.15, 0.2) is 5.76 Å². The predicted octanol–water partition coefficient (Wildman–Crippen LogP) is 3.25. The van der Waals surface area contributed by atoms with E-state index < -0.39 is 0 Å². The number of carbonyl (C=O) groups is 1. The molecular formula is C18H25NO4. The lowest BCUT2D eigenvalue weighted by Gasteiger charge is -2.13. The maximum atomic E-state index is 12.5. The monoisotopic (exact) mass is 319 g/mol. The Bertz CT molecular complexity index is 648. The number of nitrogens with one attached hydrogen (secondary N) is 1. The maximum Gasteiger partial charge on any atom is 0.287 e. The Morgan fingerprint density at radius 2 is 2.04 bits per heavy atom. The van der Waals surface area contributed by atoms with Crippen LogP contribution in [-0.4, -0.2) is 29.8 Å². The van der Waals surface area contributed by atoms with Crippen LogP contribution in [-0.2, 0) is 11.3 Å². The van der Waals surface area contributed by atoms with Gasteiger partial charge in [0.2, 0.25) is 0 Å². The van der Waals surface area contributed by atoms with Gasteiger partial charge in [-0.25, -0.2) is 0 Å². The van der Waals surface area contributed by atoms with Gasteiger partial charge in [-0.05, 0) is 39.7 Å². The third kappa shape index (κ3) is 4.56. The molecule has 0 radical (unpaired) electrons. The first-order valence-corrected chi connectivity index (χ1v) is 8.06. The van der Waals surface area contributed by atoms with Gasteiger partial charge in [-0.3, -0.25) is 4.79 Å². The summed E-state index contributed by atoms with van der Waals surface area (Å²) in [5, 5.41) is 12.7. The van der Waals surface area contributed by atoms with Crippen LogP contribution in [0, 0.1) is 0 Å². The molecule has 0 saturated carbocycles. The standard InChI is InChI=1S/C18H25NO4/c1-12(2)22-11-15-14-8-4-5-9-16(14)23-17(15)18(21)19-13(3)7-6-10-20/h4-5,8-9,12-13,20H,6-7,10-11H2,1-3H3,(H,19,21). The Morgan fingerprint density at radius 1 is 1.30 bits per heavy atom. The van der Waals surface area contributed by atoms with Crippen molar-refractivity contribution in [2.75, 3.05) is 6.61 Å². The summed E-state index contributed by atoms with van der Waals surface area (Å²) in [5.41, 5.74) is 1.46. The van der Waals surface area contributed by atoms with Gasteiger partial charge in [0.05, 0.1) is 12.7 Å². The molecular weight excluding hydrogens is 294 g/mol. The van der Waals surface area contributed by atoms with Gasteiger partial charge in [-0.2, -0.15) is 0 Å². The average molecular weight is 319 g/mol. The first-order valence-electron chi connectivity index (χ1n) is 8.06. The first kappa shape index (κ1) is 17.5. The van der Waals surface area contributed by atoms with Crippen LogP contribution in [0.3, 0.4) is 0 Å². The van der Waals surface area contributed by atoms with Crippen molar-refractivity contribution < 1.29 is 19.1 Å². The first-order chi connectivity index (χ1) is 11.0. The average Bonchev–Trinajstić information content (AvgIpc) is 2.89. The normalized spacial score (nSPS) is 12.7. The number of rotatable bonds is 8. The van der Waals surface area contributed by atoms with Crippen molar-refractivity contribution in [3.8, 4) is 0 Å². The number of hydrogen-bond donors (Lipinski definition) is 2. The van der Waals surface area contributed by atoms with Gasteiger partial charge in [0, 0.05) is 23.6 Å². The molecule has 1 heterocycles. The number of hydrogen-bond acceptors (Lipinski definition) is 4. The van der Waals surface area contributed by atoms with Gasteiger partial charge in [-0.15, -0.1) is 0 Å². The summed E-state index contributed by atoms with van der Waals surface area (Å²) in [4.78, 5) is 12.5. The number of aliphatic hydroxyl groups excluding tert-OH is 1. The van der Waals surface area contributed by atoms with Crippen molar-refractivity contribution >= 4 is 16.9 Å². The highest BCUT2D eigenvalue weighted by Crippen LogP contribution is 2.27. The summed E-state index contributed by atoms with van der Waals surface area (Å²) >= 11 is 0. The number of carbonyl (C=O) groups excluding carboxylic acids is 1. The van der Waals surface area contributed by atoms with E-state index in [1.165, 1.54) is 0 Å². The SMILES string of the molecule is CC(CCCO)NC(=O)c1oc2ccccc2c1COC(C)C. The topological polar surface area (TPSA) is 71.7 Å².